The number of benzene rings is 2. The molecular weight excluding hydrogens is 208 g/mol. The summed E-state index contributed by atoms with van der Waals surface area (Å²) in [5.74, 6) is 1.99. The summed E-state index contributed by atoms with van der Waals surface area (Å²) in [7, 11) is 0. The highest BCUT2D eigenvalue weighted by atomic mass is 16.5. The van der Waals surface area contributed by atoms with Crippen LogP contribution in [0.2, 0.25) is 0 Å². The Morgan fingerprint density at radius 2 is 1.53 bits per heavy atom. The van der Waals surface area contributed by atoms with Crippen molar-refractivity contribution in [2.75, 3.05) is 0 Å². The van der Waals surface area contributed by atoms with Crippen LogP contribution in [-0.2, 0) is 0 Å². The summed E-state index contributed by atoms with van der Waals surface area (Å²) in [4.78, 5) is 0. The fourth-order valence-corrected chi connectivity index (χ4v) is 2.28. The summed E-state index contributed by atoms with van der Waals surface area (Å²) >= 11 is 0. The van der Waals surface area contributed by atoms with Gasteiger partial charge in [-0.1, -0.05) is 48.5 Å². The van der Waals surface area contributed by atoms with Crippen LogP contribution < -0.4 is 4.74 Å². The fraction of sp³-hybridized carbons (Fsp3) is 0. The summed E-state index contributed by atoms with van der Waals surface area (Å²) in [6, 6.07) is 18.5. The molecule has 0 unspecified atom stereocenters. The molecule has 0 amide bonds. The van der Waals surface area contributed by atoms with E-state index in [0.29, 0.717) is 0 Å². The average molecular weight is 218 g/mol. The lowest BCUT2D eigenvalue weighted by Gasteiger charge is -2.08. The largest absolute Gasteiger partial charge is 0.455 e. The second-order valence-corrected chi connectivity index (χ2v) is 4.27. The van der Waals surface area contributed by atoms with E-state index in [-0.39, 0.29) is 0 Å². The lowest BCUT2D eigenvalue weighted by atomic mass is 10.1. The van der Waals surface area contributed by atoms with Crippen molar-refractivity contribution in [3.05, 3.63) is 77.1 Å². The summed E-state index contributed by atoms with van der Waals surface area (Å²) in [6.07, 6.45) is 2.20. The van der Waals surface area contributed by atoms with Gasteiger partial charge in [-0.3, -0.25) is 0 Å². The third-order valence-corrected chi connectivity index (χ3v) is 3.17. The van der Waals surface area contributed by atoms with E-state index in [0.717, 1.165) is 17.1 Å². The number of para-hydroxylation sites is 1. The number of hydrogen-bond acceptors (Lipinski definition) is 1. The van der Waals surface area contributed by atoms with Crippen LogP contribution in [0.1, 0.15) is 11.1 Å². The van der Waals surface area contributed by atoms with Crippen LogP contribution in [0.4, 0.5) is 0 Å². The van der Waals surface area contributed by atoms with E-state index in [1.807, 2.05) is 24.3 Å². The van der Waals surface area contributed by atoms with Crippen molar-refractivity contribution in [1.29, 1.82) is 0 Å². The maximum atomic E-state index is 5.88. The van der Waals surface area contributed by atoms with Gasteiger partial charge in [0.25, 0.3) is 0 Å². The van der Waals surface area contributed by atoms with E-state index in [9.17, 15) is 0 Å². The van der Waals surface area contributed by atoms with Crippen LogP contribution in [0.3, 0.4) is 0 Å². The number of hydrogen-bond donors (Lipinski definition) is 0. The zero-order chi connectivity index (χ0) is 11.2. The van der Waals surface area contributed by atoms with Gasteiger partial charge in [-0.2, -0.15) is 0 Å². The van der Waals surface area contributed by atoms with Crippen molar-refractivity contribution in [1.82, 2.24) is 0 Å². The molecule has 80 valence electrons. The minimum atomic E-state index is 0.956. The van der Waals surface area contributed by atoms with Gasteiger partial charge in [-0.15, -0.1) is 0 Å². The van der Waals surface area contributed by atoms with E-state index in [4.69, 9.17) is 4.74 Å². The Labute approximate surface area is 99.7 Å². The molecule has 4 rings (SSSR count). The van der Waals surface area contributed by atoms with Crippen molar-refractivity contribution in [3.63, 3.8) is 0 Å². The predicted octanol–water partition coefficient (Wildman–Crippen LogP) is 3.89. The van der Waals surface area contributed by atoms with Crippen molar-refractivity contribution >= 4 is 11.6 Å². The second kappa shape index (κ2) is 3.11. The molecule has 1 aliphatic carbocycles. The molecule has 0 saturated carbocycles. The van der Waals surface area contributed by atoms with Gasteiger partial charge in [-0.05, 0) is 17.7 Å². The van der Waals surface area contributed by atoms with E-state index >= 15 is 0 Å². The zero-order valence-corrected chi connectivity index (χ0v) is 9.18. The summed E-state index contributed by atoms with van der Waals surface area (Å²) in [6.45, 7) is 0. The van der Waals surface area contributed by atoms with Crippen LogP contribution in [0.5, 0.6) is 5.75 Å². The first-order valence-electron chi connectivity index (χ1n) is 5.72. The van der Waals surface area contributed by atoms with Crippen molar-refractivity contribution in [2.45, 2.75) is 0 Å². The van der Waals surface area contributed by atoms with Crippen LogP contribution in [-0.4, -0.2) is 0 Å². The Morgan fingerprint density at radius 1 is 0.765 bits per heavy atom. The Hall–Kier alpha value is -2.28. The summed E-state index contributed by atoms with van der Waals surface area (Å²) < 4.78 is 5.88. The molecule has 1 aliphatic heterocycles. The van der Waals surface area contributed by atoms with Gasteiger partial charge >= 0.3 is 0 Å². The van der Waals surface area contributed by atoms with E-state index < -0.39 is 0 Å². The molecule has 0 atom stereocenters. The Morgan fingerprint density at radius 3 is 2.41 bits per heavy atom. The maximum Gasteiger partial charge on any atom is 0.144 e. The van der Waals surface area contributed by atoms with Gasteiger partial charge in [0.2, 0.25) is 0 Å². The normalized spacial score (nSPS) is 15.6. The Balaban J connectivity index is 1.80. The molecule has 0 fully saturated rings. The molecule has 1 heterocycles. The molecule has 0 N–H and O–H groups in total. The molecule has 1 nitrogen and oxygen atoms in total. The molecule has 2 aromatic carbocycles. The van der Waals surface area contributed by atoms with Gasteiger partial charge < -0.3 is 4.74 Å². The molecule has 2 aromatic rings. The molecule has 0 bridgehead atoms. The first-order valence-corrected chi connectivity index (χ1v) is 5.72. The SMILES string of the molecule is C1=C2C(=C2c2ccccc2)Oc2ccccc21. The zero-order valence-electron chi connectivity index (χ0n) is 9.18. The highest BCUT2D eigenvalue weighted by molar-refractivity contribution is 6.06. The predicted molar refractivity (Wildman–Crippen MR) is 68.4 cm³/mol. The topological polar surface area (TPSA) is 9.23 Å². The molecule has 1 heteroatoms. The number of ether oxygens (including phenoxy) is 1. The third kappa shape index (κ3) is 1.26. The molecule has 0 saturated heterocycles. The van der Waals surface area contributed by atoms with Gasteiger partial charge in [0.15, 0.2) is 0 Å². The summed E-state index contributed by atoms with van der Waals surface area (Å²) in [5.41, 5.74) is 4.90. The third-order valence-electron chi connectivity index (χ3n) is 3.17. The van der Waals surface area contributed by atoms with E-state index in [1.54, 1.807) is 0 Å². The minimum Gasteiger partial charge on any atom is -0.455 e. The van der Waals surface area contributed by atoms with Crippen molar-refractivity contribution in [3.8, 4) is 5.75 Å². The quantitative estimate of drug-likeness (QED) is 0.705. The fourth-order valence-electron chi connectivity index (χ4n) is 2.28. The maximum absolute atomic E-state index is 5.88. The summed E-state index contributed by atoms with van der Waals surface area (Å²) in [5, 5.41) is 0. The van der Waals surface area contributed by atoms with Crippen LogP contribution in [0.25, 0.3) is 11.6 Å². The highest BCUT2D eigenvalue weighted by Gasteiger charge is 2.36. The average Bonchev–Trinajstić information content (AvgIpc) is 3.10. The Kier molecular flexibility index (Phi) is 1.61. The lowest BCUT2D eigenvalue weighted by Crippen LogP contribution is -1.92. The van der Waals surface area contributed by atoms with E-state index in [2.05, 4.69) is 36.4 Å². The standard InChI is InChI=1S/C16H10O/c1-2-6-11(7-3-1)15-13-10-12-8-4-5-9-14(12)17-16(13)15/h1-10H. The smallest absolute Gasteiger partial charge is 0.144 e. The minimum absolute atomic E-state index is 0.956. The number of fused-ring (bicyclic) bond motifs is 2. The van der Waals surface area contributed by atoms with Crippen LogP contribution in [0, 0.1) is 0 Å². The van der Waals surface area contributed by atoms with Crippen molar-refractivity contribution < 1.29 is 4.74 Å². The van der Waals surface area contributed by atoms with Gasteiger partial charge in [0, 0.05) is 16.7 Å². The molecule has 0 spiro atoms. The van der Waals surface area contributed by atoms with Crippen molar-refractivity contribution in [2.24, 2.45) is 0 Å². The molecule has 2 aliphatic rings. The highest BCUT2D eigenvalue weighted by Crippen LogP contribution is 2.51. The first kappa shape index (κ1) is 8.82. The molecule has 17 heavy (non-hydrogen) atoms. The van der Waals surface area contributed by atoms with Crippen LogP contribution in [0.15, 0.2) is 65.9 Å². The van der Waals surface area contributed by atoms with Gasteiger partial charge in [0.1, 0.15) is 11.5 Å². The van der Waals surface area contributed by atoms with E-state index in [1.165, 1.54) is 16.7 Å². The van der Waals surface area contributed by atoms with Gasteiger partial charge in [-0.25, -0.2) is 0 Å². The Bertz CT molecular complexity index is 663. The van der Waals surface area contributed by atoms with Crippen LogP contribution >= 0.6 is 0 Å². The molecule has 0 aromatic heterocycles. The number of rotatable bonds is 1. The lowest BCUT2D eigenvalue weighted by molar-refractivity contribution is 0.456. The first-order chi connectivity index (χ1) is 8.43. The number of allylic oxidation sites excluding steroid dienone is 2. The molecular formula is C16H10O. The second-order valence-electron chi connectivity index (χ2n) is 4.27. The monoisotopic (exact) mass is 218 g/mol. The van der Waals surface area contributed by atoms with Gasteiger partial charge in [0.05, 0.1) is 0 Å². The molecule has 0 radical (unpaired) electrons.